The van der Waals surface area contributed by atoms with Crippen molar-refractivity contribution in [3.8, 4) is 33.6 Å². The maximum absolute atomic E-state index is 2.48. The van der Waals surface area contributed by atoms with Gasteiger partial charge < -0.3 is 9.13 Å². The zero-order valence-electron chi connectivity index (χ0n) is 31.1. The van der Waals surface area contributed by atoms with Crippen LogP contribution in [0.1, 0.15) is 11.5 Å². The number of hydrogen-bond acceptors (Lipinski definition) is 0. The van der Waals surface area contributed by atoms with E-state index < -0.39 is 0 Å². The van der Waals surface area contributed by atoms with Crippen LogP contribution in [0.25, 0.3) is 77.2 Å². The van der Waals surface area contributed by atoms with Gasteiger partial charge in [0.15, 0.2) is 5.71 Å². The van der Waals surface area contributed by atoms with E-state index in [0.29, 0.717) is 0 Å². The van der Waals surface area contributed by atoms with Gasteiger partial charge in [0.1, 0.15) is 0 Å². The highest BCUT2D eigenvalue weighted by molar-refractivity contribution is 6.29. The second kappa shape index (κ2) is 12.5. The minimum Gasteiger partial charge on any atom is -0.309 e. The molecule has 10 aromatic rings. The zero-order valence-corrected chi connectivity index (χ0v) is 31.1. The molecule has 12 rings (SSSR count). The molecule has 2 aromatic heterocycles. The molecular weight excluding hydrogens is 691 g/mol. The molecule has 8 aromatic carbocycles. The normalized spacial score (nSPS) is 14.6. The SMILES string of the molecule is C1=CC2=[N+](c3cc(-c4ccccc4)cc(-c4ccccc4)c3)c3ccc(-n4c5ccccc5c5c6c7ccccc7n(-c7ccccc7)c6ccc54)cc3C2C=C1. The Kier molecular flexibility index (Phi) is 6.99. The molecule has 57 heavy (non-hydrogen) atoms. The summed E-state index contributed by atoms with van der Waals surface area (Å²) in [4.78, 5) is 0. The second-order valence-electron chi connectivity index (χ2n) is 15.1. The molecule has 1 atom stereocenters. The quantitative estimate of drug-likeness (QED) is 0.157. The third kappa shape index (κ3) is 4.82. The van der Waals surface area contributed by atoms with E-state index in [4.69, 9.17) is 0 Å². The van der Waals surface area contributed by atoms with Crippen LogP contribution in [0, 0.1) is 0 Å². The third-order valence-corrected chi connectivity index (χ3v) is 12.0. The van der Waals surface area contributed by atoms with Crippen LogP contribution in [-0.2, 0) is 0 Å². The maximum Gasteiger partial charge on any atom is 0.215 e. The van der Waals surface area contributed by atoms with Gasteiger partial charge >= 0.3 is 0 Å². The summed E-state index contributed by atoms with van der Waals surface area (Å²) in [5.41, 5.74) is 17.0. The minimum absolute atomic E-state index is 0.133. The van der Waals surface area contributed by atoms with Gasteiger partial charge in [0.05, 0.1) is 28.0 Å². The topological polar surface area (TPSA) is 12.9 Å². The Labute approximate surface area is 330 Å². The van der Waals surface area contributed by atoms with E-state index in [1.54, 1.807) is 0 Å². The Morgan fingerprint density at radius 3 is 1.56 bits per heavy atom. The summed E-state index contributed by atoms with van der Waals surface area (Å²) in [5.74, 6) is 0.133. The molecule has 0 spiro atoms. The highest BCUT2D eigenvalue weighted by Gasteiger charge is 2.39. The van der Waals surface area contributed by atoms with E-state index in [9.17, 15) is 0 Å². The van der Waals surface area contributed by atoms with Crippen molar-refractivity contribution in [2.45, 2.75) is 5.92 Å². The fourth-order valence-electron chi connectivity index (χ4n) is 9.56. The highest BCUT2D eigenvalue weighted by atomic mass is 15.1. The average Bonchev–Trinajstić information content (AvgIpc) is 3.92. The van der Waals surface area contributed by atoms with E-state index in [2.05, 4.69) is 226 Å². The van der Waals surface area contributed by atoms with Crippen LogP contribution < -0.4 is 4.58 Å². The number of fused-ring (bicyclic) bond motifs is 10. The number of allylic oxidation sites excluding steroid dienone is 4. The van der Waals surface area contributed by atoms with Gasteiger partial charge in [0, 0.05) is 62.8 Å². The average molecular weight is 727 g/mol. The number of nitrogens with zero attached hydrogens (tertiary/aromatic N) is 3. The van der Waals surface area contributed by atoms with Crippen molar-refractivity contribution in [3.05, 3.63) is 218 Å². The molecule has 3 heteroatoms. The molecule has 0 saturated carbocycles. The summed E-state index contributed by atoms with van der Waals surface area (Å²) >= 11 is 0. The summed E-state index contributed by atoms with van der Waals surface area (Å²) in [6.07, 6.45) is 9.02. The second-order valence-corrected chi connectivity index (χ2v) is 15.1. The Balaban J connectivity index is 1.08. The Morgan fingerprint density at radius 1 is 0.404 bits per heavy atom. The molecule has 0 N–H and O–H groups in total. The molecule has 3 nitrogen and oxygen atoms in total. The Bertz CT molecular complexity index is 3270. The van der Waals surface area contributed by atoms with Crippen LogP contribution in [0.15, 0.2) is 212 Å². The number of aromatic nitrogens is 2. The van der Waals surface area contributed by atoms with Crippen molar-refractivity contribution >= 4 is 60.7 Å². The van der Waals surface area contributed by atoms with Gasteiger partial charge in [-0.1, -0.05) is 133 Å². The molecule has 1 aliphatic carbocycles. The van der Waals surface area contributed by atoms with E-state index in [-0.39, 0.29) is 5.92 Å². The zero-order chi connectivity index (χ0) is 37.5. The fourth-order valence-corrected chi connectivity index (χ4v) is 9.56. The summed E-state index contributed by atoms with van der Waals surface area (Å²) in [7, 11) is 0. The first-order valence-electron chi connectivity index (χ1n) is 19.7. The summed E-state index contributed by atoms with van der Waals surface area (Å²) in [6, 6.07) is 68.7. The van der Waals surface area contributed by atoms with Crippen molar-refractivity contribution in [1.82, 2.24) is 13.7 Å². The van der Waals surface area contributed by atoms with Crippen molar-refractivity contribution in [2.24, 2.45) is 0 Å². The van der Waals surface area contributed by atoms with Crippen LogP contribution in [0.3, 0.4) is 0 Å². The number of rotatable bonds is 5. The molecular formula is C54H36N3+. The van der Waals surface area contributed by atoms with Crippen molar-refractivity contribution in [2.75, 3.05) is 0 Å². The van der Waals surface area contributed by atoms with Crippen LogP contribution in [0.5, 0.6) is 0 Å². The number of benzene rings is 8. The summed E-state index contributed by atoms with van der Waals surface area (Å²) < 4.78 is 7.38. The molecule has 3 heterocycles. The summed E-state index contributed by atoms with van der Waals surface area (Å²) in [6.45, 7) is 0. The lowest BCUT2D eigenvalue weighted by molar-refractivity contribution is 1.09. The van der Waals surface area contributed by atoms with Crippen molar-refractivity contribution in [1.29, 1.82) is 0 Å². The van der Waals surface area contributed by atoms with Crippen molar-refractivity contribution < 1.29 is 0 Å². The fraction of sp³-hybridized carbons (Fsp3) is 0.0185. The van der Waals surface area contributed by atoms with Gasteiger partial charge in [-0.05, 0) is 76.9 Å². The number of para-hydroxylation sites is 3. The first-order chi connectivity index (χ1) is 28.3. The standard InChI is InChI=1S/C54H36N3/c1-4-16-36(17-5-1)38-32-39(37-18-6-2-7-19-37)34-42(33-38)57-47-25-13-10-22-43(47)46-35-41(28-29-50(46)57)56-49-27-15-12-24-45(49)54-52(56)31-30-51-53(54)44-23-11-14-26-48(44)55(51)40-20-8-3-9-21-40/h1-35,43H/q+1. The van der Waals surface area contributed by atoms with Crippen LogP contribution >= 0.6 is 0 Å². The Hall–Kier alpha value is -7.49. The third-order valence-electron chi connectivity index (χ3n) is 12.0. The molecule has 0 radical (unpaired) electrons. The van der Waals surface area contributed by atoms with Gasteiger partial charge in [-0.3, -0.25) is 0 Å². The lowest BCUT2D eigenvalue weighted by atomic mass is 9.92. The first kappa shape index (κ1) is 31.8. The predicted molar refractivity (Wildman–Crippen MR) is 240 cm³/mol. The molecule has 0 bridgehead atoms. The van der Waals surface area contributed by atoms with Gasteiger partial charge in [-0.15, -0.1) is 0 Å². The van der Waals surface area contributed by atoms with Gasteiger partial charge in [-0.2, -0.15) is 4.58 Å². The highest BCUT2D eigenvalue weighted by Crippen LogP contribution is 2.46. The number of hydrogen-bond donors (Lipinski definition) is 0. The first-order valence-corrected chi connectivity index (χ1v) is 19.7. The molecule has 266 valence electrons. The molecule has 0 fully saturated rings. The van der Waals surface area contributed by atoms with Crippen molar-refractivity contribution in [3.63, 3.8) is 0 Å². The largest absolute Gasteiger partial charge is 0.309 e. The predicted octanol–water partition coefficient (Wildman–Crippen LogP) is 13.7. The van der Waals surface area contributed by atoms with Crippen LogP contribution in [0.2, 0.25) is 0 Å². The van der Waals surface area contributed by atoms with Gasteiger partial charge in [0.2, 0.25) is 11.4 Å². The van der Waals surface area contributed by atoms with E-state index in [1.165, 1.54) is 94.2 Å². The monoisotopic (exact) mass is 726 g/mol. The van der Waals surface area contributed by atoms with Crippen LogP contribution in [0.4, 0.5) is 11.4 Å². The lowest BCUT2D eigenvalue weighted by Crippen LogP contribution is -2.14. The minimum atomic E-state index is 0.133. The van der Waals surface area contributed by atoms with Gasteiger partial charge in [-0.25, -0.2) is 0 Å². The molecule has 0 amide bonds. The molecule has 1 aliphatic heterocycles. The smallest absolute Gasteiger partial charge is 0.215 e. The van der Waals surface area contributed by atoms with E-state index in [0.717, 1.165) is 5.69 Å². The molecule has 0 saturated heterocycles. The Morgan fingerprint density at radius 2 is 0.947 bits per heavy atom. The van der Waals surface area contributed by atoms with Crippen LogP contribution in [-0.4, -0.2) is 14.8 Å². The van der Waals surface area contributed by atoms with E-state index >= 15 is 0 Å². The maximum atomic E-state index is 2.48. The molecule has 2 aliphatic rings. The molecule has 1 unspecified atom stereocenters. The van der Waals surface area contributed by atoms with Gasteiger partial charge in [0.25, 0.3) is 0 Å². The van der Waals surface area contributed by atoms with E-state index in [1.807, 2.05) is 0 Å². The lowest BCUT2D eigenvalue weighted by Gasteiger charge is -2.12. The summed E-state index contributed by atoms with van der Waals surface area (Å²) in [5, 5.41) is 5.10.